The van der Waals surface area contributed by atoms with Gasteiger partial charge in [0.25, 0.3) is 0 Å². The van der Waals surface area contributed by atoms with Crippen molar-refractivity contribution in [3.8, 4) is 22.1 Å². The van der Waals surface area contributed by atoms with Crippen molar-refractivity contribution in [2.45, 2.75) is 27.7 Å². The number of hydrogen-bond acceptors (Lipinski definition) is 3. The third-order valence-corrected chi connectivity index (χ3v) is 5.15. The third-order valence-electron chi connectivity index (χ3n) is 3.96. The van der Waals surface area contributed by atoms with E-state index in [4.69, 9.17) is 4.98 Å². The molecule has 3 aromatic rings. The monoisotopic (exact) mass is 297 g/mol. The summed E-state index contributed by atoms with van der Waals surface area (Å²) in [6.07, 6.45) is 0. The SMILES string of the molecule is Cc1csc(-c2nc(-c3c(C)cccc3C)nn2C)c1C. The highest BCUT2D eigenvalue weighted by Gasteiger charge is 2.17. The fourth-order valence-corrected chi connectivity index (χ4v) is 3.67. The van der Waals surface area contributed by atoms with Crippen LogP contribution in [0.15, 0.2) is 23.6 Å². The lowest BCUT2D eigenvalue weighted by molar-refractivity contribution is 0.778. The van der Waals surface area contributed by atoms with E-state index >= 15 is 0 Å². The summed E-state index contributed by atoms with van der Waals surface area (Å²) in [7, 11) is 1.97. The maximum atomic E-state index is 4.81. The topological polar surface area (TPSA) is 30.7 Å². The number of hydrogen-bond donors (Lipinski definition) is 0. The molecule has 0 aliphatic carbocycles. The molecule has 0 spiro atoms. The van der Waals surface area contributed by atoms with Crippen LogP contribution in [-0.4, -0.2) is 14.8 Å². The van der Waals surface area contributed by atoms with Gasteiger partial charge < -0.3 is 0 Å². The lowest BCUT2D eigenvalue weighted by atomic mass is 10.0. The van der Waals surface area contributed by atoms with E-state index in [0.717, 1.165) is 17.2 Å². The maximum absolute atomic E-state index is 4.81. The molecular weight excluding hydrogens is 278 g/mol. The number of benzene rings is 1. The van der Waals surface area contributed by atoms with Gasteiger partial charge in [-0.25, -0.2) is 9.67 Å². The second-order valence-corrected chi connectivity index (χ2v) is 6.40. The van der Waals surface area contributed by atoms with Crippen molar-refractivity contribution < 1.29 is 0 Å². The molecule has 0 aliphatic rings. The van der Waals surface area contributed by atoms with Gasteiger partial charge in [-0.15, -0.1) is 11.3 Å². The Balaban J connectivity index is 2.17. The van der Waals surface area contributed by atoms with E-state index in [0.29, 0.717) is 0 Å². The van der Waals surface area contributed by atoms with Crippen LogP contribution in [0, 0.1) is 27.7 Å². The van der Waals surface area contributed by atoms with Crippen LogP contribution in [0.2, 0.25) is 0 Å². The predicted molar refractivity (Wildman–Crippen MR) is 88.7 cm³/mol. The first kappa shape index (κ1) is 14.0. The predicted octanol–water partition coefficient (Wildman–Crippen LogP) is 4.44. The van der Waals surface area contributed by atoms with E-state index < -0.39 is 0 Å². The molecule has 0 unspecified atom stereocenters. The van der Waals surface area contributed by atoms with E-state index in [1.165, 1.54) is 27.1 Å². The Bertz CT molecular complexity index is 791. The smallest absolute Gasteiger partial charge is 0.182 e. The maximum Gasteiger partial charge on any atom is 0.182 e. The van der Waals surface area contributed by atoms with Crippen LogP contribution >= 0.6 is 11.3 Å². The molecule has 0 bridgehead atoms. The Morgan fingerprint density at radius 1 is 1.00 bits per heavy atom. The van der Waals surface area contributed by atoms with Gasteiger partial charge >= 0.3 is 0 Å². The molecule has 2 heterocycles. The van der Waals surface area contributed by atoms with Gasteiger partial charge in [-0.1, -0.05) is 18.2 Å². The Hall–Kier alpha value is -1.94. The fraction of sp³-hybridized carbons (Fsp3) is 0.294. The molecule has 21 heavy (non-hydrogen) atoms. The van der Waals surface area contributed by atoms with Crippen molar-refractivity contribution in [1.29, 1.82) is 0 Å². The van der Waals surface area contributed by atoms with Gasteiger partial charge in [-0.05, 0) is 55.3 Å². The van der Waals surface area contributed by atoms with E-state index in [9.17, 15) is 0 Å². The van der Waals surface area contributed by atoms with Gasteiger partial charge in [-0.3, -0.25) is 0 Å². The standard InChI is InChI=1S/C17H19N3S/c1-10-7-6-8-11(2)14(10)16-18-17(20(5)19-16)15-13(4)12(3)9-21-15/h6-9H,1-5H3. The van der Waals surface area contributed by atoms with Crippen LogP contribution < -0.4 is 0 Å². The summed E-state index contributed by atoms with van der Waals surface area (Å²) in [6, 6.07) is 6.29. The molecule has 0 atom stereocenters. The van der Waals surface area contributed by atoms with Gasteiger partial charge in [0.05, 0.1) is 4.88 Å². The van der Waals surface area contributed by atoms with E-state index in [2.05, 4.69) is 56.4 Å². The first-order valence-corrected chi connectivity index (χ1v) is 7.89. The zero-order chi connectivity index (χ0) is 15.1. The minimum Gasteiger partial charge on any atom is -0.248 e. The van der Waals surface area contributed by atoms with Crippen molar-refractivity contribution in [1.82, 2.24) is 14.8 Å². The van der Waals surface area contributed by atoms with Gasteiger partial charge in [-0.2, -0.15) is 5.10 Å². The Kier molecular flexibility index (Phi) is 3.41. The minimum absolute atomic E-state index is 0.813. The first-order valence-electron chi connectivity index (χ1n) is 7.01. The summed E-state index contributed by atoms with van der Waals surface area (Å²) in [6.45, 7) is 8.50. The Morgan fingerprint density at radius 3 is 2.24 bits per heavy atom. The second kappa shape index (κ2) is 5.11. The van der Waals surface area contributed by atoms with Gasteiger partial charge in [0.15, 0.2) is 11.6 Å². The quantitative estimate of drug-likeness (QED) is 0.700. The summed E-state index contributed by atoms with van der Waals surface area (Å²) < 4.78 is 1.89. The highest BCUT2D eigenvalue weighted by molar-refractivity contribution is 7.13. The van der Waals surface area contributed by atoms with Crippen molar-refractivity contribution >= 4 is 11.3 Å². The number of rotatable bonds is 2. The largest absolute Gasteiger partial charge is 0.248 e. The summed E-state index contributed by atoms with van der Waals surface area (Å²) in [5.74, 6) is 1.76. The molecule has 4 heteroatoms. The Morgan fingerprint density at radius 2 is 1.67 bits per heavy atom. The molecule has 0 amide bonds. The molecule has 0 radical (unpaired) electrons. The van der Waals surface area contributed by atoms with Crippen molar-refractivity contribution in [2.24, 2.45) is 7.05 Å². The van der Waals surface area contributed by atoms with Crippen LogP contribution in [0.5, 0.6) is 0 Å². The summed E-state index contributed by atoms with van der Waals surface area (Å²) >= 11 is 1.74. The molecule has 3 rings (SSSR count). The normalized spacial score (nSPS) is 11.1. The van der Waals surface area contributed by atoms with Crippen LogP contribution in [0.4, 0.5) is 0 Å². The average Bonchev–Trinajstić information content (AvgIpc) is 2.94. The number of aromatic nitrogens is 3. The lowest BCUT2D eigenvalue weighted by Crippen LogP contribution is -1.94. The Labute approximate surface area is 129 Å². The molecule has 0 aliphatic heterocycles. The highest BCUT2D eigenvalue weighted by atomic mass is 32.1. The highest BCUT2D eigenvalue weighted by Crippen LogP contribution is 2.32. The molecule has 0 N–H and O–H groups in total. The van der Waals surface area contributed by atoms with Crippen LogP contribution in [0.3, 0.4) is 0 Å². The molecule has 108 valence electrons. The van der Waals surface area contributed by atoms with Crippen LogP contribution in [-0.2, 0) is 7.05 Å². The number of nitrogens with zero attached hydrogens (tertiary/aromatic N) is 3. The average molecular weight is 297 g/mol. The van der Waals surface area contributed by atoms with Crippen molar-refractivity contribution in [2.75, 3.05) is 0 Å². The van der Waals surface area contributed by atoms with Crippen LogP contribution in [0.1, 0.15) is 22.3 Å². The van der Waals surface area contributed by atoms with Gasteiger partial charge in [0.2, 0.25) is 0 Å². The van der Waals surface area contributed by atoms with E-state index in [-0.39, 0.29) is 0 Å². The number of aryl methyl sites for hydroxylation is 4. The fourth-order valence-electron chi connectivity index (χ4n) is 2.58. The minimum atomic E-state index is 0.813. The number of thiophene rings is 1. The molecule has 3 nitrogen and oxygen atoms in total. The zero-order valence-corrected chi connectivity index (χ0v) is 13.9. The molecule has 1 aromatic carbocycles. The first-order chi connectivity index (χ1) is 9.99. The summed E-state index contributed by atoms with van der Waals surface area (Å²) in [5, 5.41) is 6.82. The molecular formula is C17H19N3S. The van der Waals surface area contributed by atoms with E-state index in [1.807, 2.05) is 11.7 Å². The van der Waals surface area contributed by atoms with Gasteiger partial charge in [0.1, 0.15) is 0 Å². The molecule has 0 saturated heterocycles. The third kappa shape index (κ3) is 2.29. The van der Waals surface area contributed by atoms with Crippen LogP contribution in [0.25, 0.3) is 22.1 Å². The van der Waals surface area contributed by atoms with Crippen molar-refractivity contribution in [3.63, 3.8) is 0 Å². The second-order valence-electron chi connectivity index (χ2n) is 5.52. The van der Waals surface area contributed by atoms with E-state index in [1.54, 1.807) is 11.3 Å². The summed E-state index contributed by atoms with van der Waals surface area (Å²) in [4.78, 5) is 6.02. The molecule has 0 fully saturated rings. The summed E-state index contributed by atoms with van der Waals surface area (Å²) in [5.41, 5.74) is 6.18. The zero-order valence-electron chi connectivity index (χ0n) is 13.1. The molecule has 2 aromatic heterocycles. The lowest BCUT2D eigenvalue weighted by Gasteiger charge is -2.04. The molecule has 0 saturated carbocycles. The van der Waals surface area contributed by atoms with Crippen molar-refractivity contribution in [3.05, 3.63) is 45.8 Å². The van der Waals surface area contributed by atoms with Gasteiger partial charge in [0, 0.05) is 12.6 Å².